The maximum Gasteiger partial charge on any atom is 0.296 e. The normalized spacial score (nSPS) is 11.6. The lowest BCUT2D eigenvalue weighted by Gasteiger charge is -2.24. The largest absolute Gasteiger partial charge is 0.492 e. The molecule has 0 aliphatic heterocycles. The van der Waals surface area contributed by atoms with Gasteiger partial charge in [0, 0.05) is 36.9 Å². The zero-order chi connectivity index (χ0) is 32.2. The molecule has 0 aliphatic carbocycles. The van der Waals surface area contributed by atoms with Crippen molar-refractivity contribution in [2.45, 2.75) is 39.5 Å². The summed E-state index contributed by atoms with van der Waals surface area (Å²) in [6.07, 6.45) is 2.07. The molecule has 4 aromatic rings. The van der Waals surface area contributed by atoms with Gasteiger partial charge in [0.2, 0.25) is 16.0 Å². The second kappa shape index (κ2) is 12.9. The molecule has 0 aliphatic rings. The van der Waals surface area contributed by atoms with E-state index in [9.17, 15) is 18.0 Å². The lowest BCUT2D eigenvalue weighted by molar-refractivity contribution is -0.112. The summed E-state index contributed by atoms with van der Waals surface area (Å²) in [6.45, 7) is 7.64. The number of hydrogen-bond acceptors (Lipinski definition) is 9. The Balaban J connectivity index is 1.70. The first-order valence-corrected chi connectivity index (χ1v) is 15.8. The monoisotopic (exact) mass is 618 g/mol. The van der Waals surface area contributed by atoms with Crippen molar-refractivity contribution in [3.63, 3.8) is 0 Å². The minimum Gasteiger partial charge on any atom is -0.492 e. The van der Waals surface area contributed by atoms with Gasteiger partial charge in [-0.2, -0.15) is 4.98 Å². The van der Waals surface area contributed by atoms with Gasteiger partial charge in [-0.15, -0.1) is 0 Å². The molecule has 1 aromatic heterocycles. The van der Waals surface area contributed by atoms with Crippen molar-refractivity contribution in [1.82, 2.24) is 9.97 Å². The van der Waals surface area contributed by atoms with Gasteiger partial charge in [0.1, 0.15) is 5.82 Å². The van der Waals surface area contributed by atoms with Gasteiger partial charge in [0.25, 0.3) is 11.7 Å². The molecular formula is C32H38N6O5S. The van der Waals surface area contributed by atoms with Crippen molar-refractivity contribution < 1.29 is 22.7 Å². The predicted molar refractivity (Wildman–Crippen MR) is 176 cm³/mol. The van der Waals surface area contributed by atoms with E-state index in [1.165, 1.54) is 7.11 Å². The summed E-state index contributed by atoms with van der Waals surface area (Å²) in [4.78, 5) is 37.6. The molecule has 232 valence electrons. The van der Waals surface area contributed by atoms with Crippen molar-refractivity contribution in [2.75, 3.05) is 47.2 Å². The summed E-state index contributed by atoms with van der Waals surface area (Å²) in [7, 11) is 1.40. The number of nitrogens with one attached hydrogen (secondary N) is 3. The summed E-state index contributed by atoms with van der Waals surface area (Å²) in [5.74, 6) is -0.528. The van der Waals surface area contributed by atoms with Crippen LogP contribution in [-0.4, -0.2) is 57.0 Å². The Morgan fingerprint density at radius 1 is 0.955 bits per heavy atom. The number of anilines is 5. The fourth-order valence-corrected chi connectivity index (χ4v) is 5.74. The Kier molecular flexibility index (Phi) is 9.43. The molecular weight excluding hydrogens is 580 g/mol. The maximum absolute atomic E-state index is 13.6. The van der Waals surface area contributed by atoms with Gasteiger partial charge >= 0.3 is 0 Å². The number of ketones is 1. The smallest absolute Gasteiger partial charge is 0.296 e. The lowest BCUT2D eigenvalue weighted by atomic mass is 9.86. The number of fused-ring (bicyclic) bond motifs is 1. The molecule has 0 saturated heterocycles. The third kappa shape index (κ3) is 7.25. The Labute approximate surface area is 258 Å². The van der Waals surface area contributed by atoms with Crippen LogP contribution in [-0.2, 0) is 20.2 Å². The van der Waals surface area contributed by atoms with Gasteiger partial charge in [-0.1, -0.05) is 52.0 Å². The van der Waals surface area contributed by atoms with E-state index in [4.69, 9.17) is 4.74 Å². The molecule has 0 fully saturated rings. The van der Waals surface area contributed by atoms with Crippen LogP contribution in [0.1, 0.15) is 50.0 Å². The van der Waals surface area contributed by atoms with Gasteiger partial charge < -0.3 is 20.3 Å². The second-order valence-electron chi connectivity index (χ2n) is 11.5. The summed E-state index contributed by atoms with van der Waals surface area (Å²) < 4.78 is 33.4. The first kappa shape index (κ1) is 32.2. The van der Waals surface area contributed by atoms with Crippen molar-refractivity contribution in [3.8, 4) is 5.75 Å². The third-order valence-corrected chi connectivity index (χ3v) is 8.30. The van der Waals surface area contributed by atoms with Gasteiger partial charge in [0.05, 0.1) is 24.2 Å². The number of nitrogens with zero attached hydrogens (tertiary/aromatic N) is 3. The Morgan fingerprint density at radius 3 is 2.27 bits per heavy atom. The summed E-state index contributed by atoms with van der Waals surface area (Å²) in [6, 6.07) is 15.7. The van der Waals surface area contributed by atoms with E-state index in [1.54, 1.807) is 60.5 Å². The van der Waals surface area contributed by atoms with Crippen LogP contribution in [0, 0.1) is 0 Å². The molecule has 0 saturated carbocycles. The van der Waals surface area contributed by atoms with Crippen LogP contribution < -0.4 is 25.0 Å². The zero-order valence-electron chi connectivity index (χ0n) is 26.0. The van der Waals surface area contributed by atoms with Gasteiger partial charge in [-0.25, -0.2) is 13.4 Å². The van der Waals surface area contributed by atoms with Crippen LogP contribution in [0.4, 0.5) is 28.8 Å². The van der Waals surface area contributed by atoms with Crippen molar-refractivity contribution in [2.24, 2.45) is 0 Å². The number of carbonyl (C=O) groups excluding carboxylic acids is 2. The first-order chi connectivity index (χ1) is 20.7. The Bertz CT molecular complexity index is 1820. The molecule has 1 amide bonds. The van der Waals surface area contributed by atoms with Crippen LogP contribution in [0.5, 0.6) is 5.75 Å². The van der Waals surface area contributed by atoms with E-state index in [0.29, 0.717) is 29.3 Å². The summed E-state index contributed by atoms with van der Waals surface area (Å²) >= 11 is 0. The average molecular weight is 619 g/mol. The van der Waals surface area contributed by atoms with Crippen LogP contribution in [0.2, 0.25) is 0 Å². The number of methoxy groups -OCH3 is 1. The van der Waals surface area contributed by atoms with E-state index in [1.807, 2.05) is 47.0 Å². The topological polar surface area (TPSA) is 143 Å². The molecule has 4 rings (SSSR count). The molecule has 0 unspecified atom stereocenters. The lowest BCUT2D eigenvalue weighted by Crippen LogP contribution is -2.25. The minimum atomic E-state index is -3.67. The van der Waals surface area contributed by atoms with E-state index in [0.717, 1.165) is 10.9 Å². The molecule has 0 bridgehead atoms. The number of sulfonamides is 1. The maximum atomic E-state index is 13.6. The average Bonchev–Trinajstić information content (AvgIpc) is 2.96. The highest BCUT2D eigenvalue weighted by atomic mass is 32.2. The van der Waals surface area contributed by atoms with E-state index in [-0.39, 0.29) is 28.4 Å². The molecule has 12 heteroatoms. The number of aromatic nitrogens is 2. The van der Waals surface area contributed by atoms with Gasteiger partial charge in [0.15, 0.2) is 5.75 Å². The van der Waals surface area contributed by atoms with Crippen LogP contribution in [0.25, 0.3) is 10.8 Å². The third-order valence-electron chi connectivity index (χ3n) is 6.83. The first-order valence-electron chi connectivity index (χ1n) is 14.1. The zero-order valence-corrected chi connectivity index (χ0v) is 26.8. The SMILES string of the molecule is CCCS(=O)(=O)Nc1cc(C(C)(C)C)cc(NC(=O)C(=O)c2ccc(Nc3ccnc(N(C)C)n3)c3ccccc23)c1OC. The van der Waals surface area contributed by atoms with Gasteiger partial charge in [-0.3, -0.25) is 14.3 Å². The predicted octanol–water partition coefficient (Wildman–Crippen LogP) is 5.72. The number of Topliss-reactive ketones (excluding diaryl/α,β-unsaturated/α-hetero) is 1. The van der Waals surface area contributed by atoms with Crippen molar-refractivity contribution in [1.29, 1.82) is 0 Å². The molecule has 3 N–H and O–H groups in total. The van der Waals surface area contributed by atoms with Crippen LogP contribution >= 0.6 is 0 Å². The molecule has 3 aromatic carbocycles. The molecule has 0 spiro atoms. The highest BCUT2D eigenvalue weighted by Gasteiger charge is 2.26. The highest BCUT2D eigenvalue weighted by Crippen LogP contribution is 2.39. The molecule has 44 heavy (non-hydrogen) atoms. The standard InChI is InChI=1S/C32H38N6O5S/c1-8-17-44(41,42)37-26-19-20(32(2,3)4)18-25(29(26)43-7)35-30(40)28(39)23-13-14-24(22-12-10-9-11-21(22)23)34-27-15-16-33-31(36-27)38(5)6/h9-16,18-19,37H,8,17H2,1-7H3,(H,35,40)(H,33,34,36). The van der Waals surface area contributed by atoms with Gasteiger partial charge in [-0.05, 0) is 53.1 Å². The van der Waals surface area contributed by atoms with E-state index < -0.39 is 27.1 Å². The number of benzene rings is 3. The molecule has 0 atom stereocenters. The number of carbonyl (C=O) groups is 2. The highest BCUT2D eigenvalue weighted by molar-refractivity contribution is 7.92. The minimum absolute atomic E-state index is 0.0813. The number of amides is 1. The second-order valence-corrected chi connectivity index (χ2v) is 13.4. The van der Waals surface area contributed by atoms with Crippen molar-refractivity contribution in [3.05, 3.63) is 71.9 Å². The number of hydrogen-bond donors (Lipinski definition) is 3. The molecule has 11 nitrogen and oxygen atoms in total. The number of rotatable bonds is 11. The fourth-order valence-electron chi connectivity index (χ4n) is 4.62. The number of ether oxygens (including phenoxy) is 1. The quantitative estimate of drug-likeness (QED) is 0.142. The Morgan fingerprint density at radius 2 is 1.64 bits per heavy atom. The molecule has 0 radical (unpaired) electrons. The fraction of sp³-hybridized carbons (Fsp3) is 0.312. The van der Waals surface area contributed by atoms with Crippen LogP contribution in [0.3, 0.4) is 0 Å². The van der Waals surface area contributed by atoms with E-state index >= 15 is 0 Å². The molecule has 1 heterocycles. The van der Waals surface area contributed by atoms with E-state index in [2.05, 4.69) is 25.3 Å². The van der Waals surface area contributed by atoms with Crippen LogP contribution in [0.15, 0.2) is 60.8 Å². The Hall–Kier alpha value is -4.71. The summed E-state index contributed by atoms with van der Waals surface area (Å²) in [5.41, 5.74) is 1.59. The summed E-state index contributed by atoms with van der Waals surface area (Å²) in [5, 5.41) is 7.26. The van der Waals surface area contributed by atoms with Crippen molar-refractivity contribution >= 4 is 61.3 Å².